The van der Waals surface area contributed by atoms with E-state index in [0.29, 0.717) is 0 Å². The van der Waals surface area contributed by atoms with Crippen molar-refractivity contribution in [2.45, 2.75) is 59.1 Å². The van der Waals surface area contributed by atoms with E-state index in [2.05, 4.69) is 62.6 Å². The molecule has 1 rings (SSSR count). The van der Waals surface area contributed by atoms with Crippen LogP contribution in [-0.2, 0) is 6.54 Å². The third-order valence-corrected chi connectivity index (χ3v) is 4.33. The molecular formula is C22H35NO. The highest BCUT2D eigenvalue weighted by Gasteiger charge is 2.15. The standard InChI is InChI=1S/C22H35NO/c1-5-7-9-14-21(22(24)19(3)4)15-17-23(16-6-2)18-20-12-10-8-11-13-20/h6,8,10-13,15,19,22,24H,2,5,7,9,14,16-18H2,1,3-4H3/b21-15+. The maximum Gasteiger partial charge on any atom is 0.0773 e. The molecule has 2 nitrogen and oxygen atoms in total. The van der Waals surface area contributed by atoms with E-state index in [4.69, 9.17) is 0 Å². The van der Waals surface area contributed by atoms with Crippen LogP contribution in [0.1, 0.15) is 52.0 Å². The predicted octanol–water partition coefficient (Wildman–Crippen LogP) is 5.20. The summed E-state index contributed by atoms with van der Waals surface area (Å²) in [5.41, 5.74) is 2.50. The van der Waals surface area contributed by atoms with Gasteiger partial charge in [-0.2, -0.15) is 0 Å². The highest BCUT2D eigenvalue weighted by atomic mass is 16.3. The van der Waals surface area contributed by atoms with Gasteiger partial charge < -0.3 is 5.11 Å². The Kier molecular flexibility index (Phi) is 10.4. The van der Waals surface area contributed by atoms with Gasteiger partial charge in [0, 0.05) is 19.6 Å². The van der Waals surface area contributed by atoms with E-state index in [1.807, 2.05) is 12.1 Å². The highest BCUT2D eigenvalue weighted by molar-refractivity contribution is 5.15. The molecule has 0 saturated heterocycles. The fourth-order valence-corrected chi connectivity index (χ4v) is 2.85. The number of hydrogen-bond acceptors (Lipinski definition) is 2. The second-order valence-electron chi connectivity index (χ2n) is 6.89. The van der Waals surface area contributed by atoms with Gasteiger partial charge in [-0.05, 0) is 29.9 Å². The summed E-state index contributed by atoms with van der Waals surface area (Å²) >= 11 is 0. The zero-order chi connectivity index (χ0) is 17.8. The van der Waals surface area contributed by atoms with E-state index in [9.17, 15) is 5.11 Å². The molecule has 0 saturated carbocycles. The summed E-state index contributed by atoms with van der Waals surface area (Å²) in [6.45, 7) is 12.9. The molecule has 1 atom stereocenters. The SMILES string of the molecule is C=CCN(C/C=C(\CCCCC)C(O)C(C)C)Cc1ccccc1. The largest absolute Gasteiger partial charge is 0.388 e. The van der Waals surface area contributed by atoms with E-state index in [-0.39, 0.29) is 12.0 Å². The molecule has 0 amide bonds. The lowest BCUT2D eigenvalue weighted by Crippen LogP contribution is -2.25. The third-order valence-electron chi connectivity index (χ3n) is 4.33. The van der Waals surface area contributed by atoms with Gasteiger partial charge >= 0.3 is 0 Å². The number of rotatable bonds is 12. The van der Waals surface area contributed by atoms with Crippen molar-refractivity contribution in [1.82, 2.24) is 4.90 Å². The molecule has 0 aliphatic heterocycles. The van der Waals surface area contributed by atoms with Crippen molar-refractivity contribution >= 4 is 0 Å². The van der Waals surface area contributed by atoms with Gasteiger partial charge in [0.25, 0.3) is 0 Å². The molecule has 24 heavy (non-hydrogen) atoms. The van der Waals surface area contributed by atoms with Gasteiger partial charge in [0.05, 0.1) is 6.10 Å². The van der Waals surface area contributed by atoms with Crippen LogP contribution in [0, 0.1) is 5.92 Å². The number of aliphatic hydroxyl groups is 1. The minimum Gasteiger partial charge on any atom is -0.388 e. The van der Waals surface area contributed by atoms with E-state index in [1.54, 1.807) is 0 Å². The number of benzene rings is 1. The summed E-state index contributed by atoms with van der Waals surface area (Å²) in [6.07, 6.45) is 8.46. The first-order valence-corrected chi connectivity index (χ1v) is 9.32. The molecule has 0 bridgehead atoms. The summed E-state index contributed by atoms with van der Waals surface area (Å²) in [7, 11) is 0. The normalized spacial score (nSPS) is 13.5. The summed E-state index contributed by atoms with van der Waals surface area (Å²) in [5.74, 6) is 0.264. The zero-order valence-electron chi connectivity index (χ0n) is 15.7. The number of unbranched alkanes of at least 4 members (excludes halogenated alkanes) is 2. The quantitative estimate of drug-likeness (QED) is 0.421. The molecular weight excluding hydrogens is 294 g/mol. The summed E-state index contributed by atoms with van der Waals surface area (Å²) in [4.78, 5) is 2.36. The smallest absolute Gasteiger partial charge is 0.0773 e. The van der Waals surface area contributed by atoms with Crippen LogP contribution in [0.15, 0.2) is 54.6 Å². The second-order valence-corrected chi connectivity index (χ2v) is 6.89. The van der Waals surface area contributed by atoms with Crippen molar-refractivity contribution in [2.75, 3.05) is 13.1 Å². The second kappa shape index (κ2) is 12.0. The molecule has 0 heterocycles. The van der Waals surface area contributed by atoms with E-state index in [0.717, 1.165) is 32.5 Å². The van der Waals surface area contributed by atoms with Crippen LogP contribution in [0.2, 0.25) is 0 Å². The van der Waals surface area contributed by atoms with Gasteiger partial charge in [0.2, 0.25) is 0 Å². The molecule has 1 unspecified atom stereocenters. The molecule has 0 aliphatic rings. The molecule has 2 heteroatoms. The first kappa shape index (κ1) is 20.7. The molecule has 1 N–H and O–H groups in total. The molecule has 0 aliphatic carbocycles. The highest BCUT2D eigenvalue weighted by Crippen LogP contribution is 2.19. The summed E-state index contributed by atoms with van der Waals surface area (Å²) in [5, 5.41) is 10.5. The first-order chi connectivity index (χ1) is 11.6. The van der Waals surface area contributed by atoms with Gasteiger partial charge in [0.15, 0.2) is 0 Å². The van der Waals surface area contributed by atoms with Crippen molar-refractivity contribution < 1.29 is 5.11 Å². The summed E-state index contributed by atoms with van der Waals surface area (Å²) in [6, 6.07) is 10.5. The average molecular weight is 330 g/mol. The number of nitrogens with zero attached hydrogens (tertiary/aromatic N) is 1. The molecule has 1 aromatic carbocycles. The molecule has 0 aromatic heterocycles. The molecule has 134 valence electrons. The Hall–Kier alpha value is -1.38. The van der Waals surface area contributed by atoms with Crippen LogP contribution in [0.25, 0.3) is 0 Å². The van der Waals surface area contributed by atoms with Crippen molar-refractivity contribution in [3.05, 3.63) is 60.2 Å². The van der Waals surface area contributed by atoms with E-state index >= 15 is 0 Å². The van der Waals surface area contributed by atoms with E-state index in [1.165, 1.54) is 24.0 Å². The van der Waals surface area contributed by atoms with Crippen LogP contribution in [-0.4, -0.2) is 29.2 Å². The Balaban J connectivity index is 2.74. The summed E-state index contributed by atoms with van der Waals surface area (Å²) < 4.78 is 0. The van der Waals surface area contributed by atoms with Crippen LogP contribution < -0.4 is 0 Å². The van der Waals surface area contributed by atoms with Crippen LogP contribution in [0.4, 0.5) is 0 Å². The Morgan fingerprint density at radius 2 is 1.88 bits per heavy atom. The fourth-order valence-electron chi connectivity index (χ4n) is 2.85. The molecule has 0 fully saturated rings. The lowest BCUT2D eigenvalue weighted by molar-refractivity contribution is 0.155. The molecule has 1 aromatic rings. The Morgan fingerprint density at radius 1 is 1.17 bits per heavy atom. The van der Waals surface area contributed by atoms with Gasteiger partial charge in [-0.1, -0.05) is 76.1 Å². The minimum absolute atomic E-state index is 0.264. The maximum atomic E-state index is 10.5. The van der Waals surface area contributed by atoms with E-state index < -0.39 is 0 Å². The predicted molar refractivity (Wildman–Crippen MR) is 105 cm³/mol. The van der Waals surface area contributed by atoms with Crippen LogP contribution in [0.5, 0.6) is 0 Å². The minimum atomic E-state index is -0.329. The van der Waals surface area contributed by atoms with Crippen LogP contribution >= 0.6 is 0 Å². The van der Waals surface area contributed by atoms with Crippen molar-refractivity contribution in [3.8, 4) is 0 Å². The van der Waals surface area contributed by atoms with Gasteiger partial charge in [-0.15, -0.1) is 6.58 Å². The number of hydrogen-bond donors (Lipinski definition) is 1. The molecule has 0 radical (unpaired) electrons. The van der Waals surface area contributed by atoms with Gasteiger partial charge in [0.1, 0.15) is 0 Å². The lowest BCUT2D eigenvalue weighted by atomic mass is 9.94. The fraction of sp³-hybridized carbons (Fsp3) is 0.545. The Bertz CT molecular complexity index is 478. The maximum absolute atomic E-state index is 10.5. The first-order valence-electron chi connectivity index (χ1n) is 9.32. The lowest BCUT2D eigenvalue weighted by Gasteiger charge is -2.23. The monoisotopic (exact) mass is 329 g/mol. The topological polar surface area (TPSA) is 23.5 Å². The van der Waals surface area contributed by atoms with Crippen molar-refractivity contribution in [3.63, 3.8) is 0 Å². The average Bonchev–Trinajstić information content (AvgIpc) is 2.58. The Morgan fingerprint density at radius 3 is 2.46 bits per heavy atom. The molecule has 0 spiro atoms. The Labute approximate surface area is 148 Å². The van der Waals surface area contributed by atoms with Gasteiger partial charge in [-0.3, -0.25) is 4.90 Å². The number of aliphatic hydroxyl groups excluding tert-OH is 1. The third kappa shape index (κ3) is 7.94. The van der Waals surface area contributed by atoms with Crippen molar-refractivity contribution in [1.29, 1.82) is 0 Å². The zero-order valence-corrected chi connectivity index (χ0v) is 15.7. The van der Waals surface area contributed by atoms with Crippen LogP contribution in [0.3, 0.4) is 0 Å². The van der Waals surface area contributed by atoms with Gasteiger partial charge in [-0.25, -0.2) is 0 Å². The van der Waals surface area contributed by atoms with Crippen molar-refractivity contribution in [2.24, 2.45) is 5.92 Å².